The smallest absolute Gasteiger partial charge is 0.345 e. The number of nitrogens with zero attached hydrogens (tertiary/aromatic N) is 2. The minimum atomic E-state index is -0.864. The first kappa shape index (κ1) is 18.5. The monoisotopic (exact) mass is 406 g/mol. The minimum absolute atomic E-state index is 0.307. The molecule has 0 amide bonds. The van der Waals surface area contributed by atoms with Crippen LogP contribution < -0.4 is 0 Å². The molecular weight excluding hydrogens is 387 g/mol. The van der Waals surface area contributed by atoms with Gasteiger partial charge in [0.15, 0.2) is 5.58 Å². The Kier molecular flexibility index (Phi) is 5.47. The van der Waals surface area contributed by atoms with Crippen LogP contribution >= 0.6 is 23.1 Å². The Morgan fingerprint density at radius 2 is 2.15 bits per heavy atom. The summed E-state index contributed by atoms with van der Waals surface area (Å²) in [5.41, 5.74) is 1.46. The summed E-state index contributed by atoms with van der Waals surface area (Å²) in [5.74, 6) is 0.114. The highest BCUT2D eigenvalue weighted by Crippen LogP contribution is 2.33. The fourth-order valence-corrected chi connectivity index (χ4v) is 5.49. The zero-order chi connectivity index (χ0) is 18.8. The molecule has 142 valence electrons. The van der Waals surface area contributed by atoms with E-state index in [-0.39, 0.29) is 5.82 Å². The molecule has 0 saturated carbocycles. The van der Waals surface area contributed by atoms with E-state index >= 15 is 0 Å². The van der Waals surface area contributed by atoms with Gasteiger partial charge in [-0.25, -0.2) is 9.18 Å². The maximum atomic E-state index is 13.3. The van der Waals surface area contributed by atoms with E-state index in [1.54, 1.807) is 23.9 Å². The predicted octanol–water partition coefficient (Wildman–Crippen LogP) is 4.70. The molecule has 3 aromatic rings. The van der Waals surface area contributed by atoms with Gasteiger partial charge in [0.25, 0.3) is 0 Å². The van der Waals surface area contributed by atoms with Gasteiger partial charge in [-0.15, -0.1) is 23.1 Å². The van der Waals surface area contributed by atoms with Gasteiger partial charge in [-0.05, 0) is 50.2 Å². The third-order valence-corrected chi connectivity index (χ3v) is 7.16. The number of hydrogen-bond donors (Lipinski definition) is 1. The highest BCUT2D eigenvalue weighted by molar-refractivity contribution is 8.01. The van der Waals surface area contributed by atoms with Gasteiger partial charge in [-0.1, -0.05) is 5.16 Å². The van der Waals surface area contributed by atoms with E-state index in [9.17, 15) is 9.18 Å². The van der Waals surface area contributed by atoms with Crippen LogP contribution in [0.15, 0.2) is 39.1 Å². The number of benzene rings is 1. The molecule has 0 atom stereocenters. The quantitative estimate of drug-likeness (QED) is 0.599. The van der Waals surface area contributed by atoms with Crippen LogP contribution in [0.4, 0.5) is 4.39 Å². The van der Waals surface area contributed by atoms with Gasteiger partial charge in [0, 0.05) is 29.7 Å². The molecule has 0 unspecified atom stereocenters. The van der Waals surface area contributed by atoms with Crippen molar-refractivity contribution in [2.45, 2.75) is 23.0 Å². The van der Waals surface area contributed by atoms with E-state index in [2.05, 4.69) is 10.1 Å². The lowest BCUT2D eigenvalue weighted by Gasteiger charge is -2.30. The standard InChI is InChI=1S/C19H19FN2O3S2/c20-13-1-2-14-15(11-13)25-21-18(14)12-5-7-22(8-6-12)9-10-26-17-4-3-16(27-17)19(23)24/h1-4,11-12H,5-10H2,(H,23,24). The van der Waals surface area contributed by atoms with E-state index in [1.807, 2.05) is 6.07 Å². The molecule has 0 radical (unpaired) electrons. The first-order valence-corrected chi connectivity index (χ1v) is 10.6. The van der Waals surface area contributed by atoms with Gasteiger partial charge in [-0.2, -0.15) is 0 Å². The number of carbonyl (C=O) groups is 1. The summed E-state index contributed by atoms with van der Waals surface area (Å²) in [4.78, 5) is 13.7. The number of halogens is 1. The molecule has 1 aliphatic heterocycles. The first-order valence-electron chi connectivity index (χ1n) is 8.83. The number of piperidine rings is 1. The topological polar surface area (TPSA) is 66.6 Å². The number of aromatic carboxylic acids is 1. The highest BCUT2D eigenvalue weighted by Gasteiger charge is 2.25. The molecule has 4 rings (SSSR count). The van der Waals surface area contributed by atoms with Crippen LogP contribution in [0.3, 0.4) is 0 Å². The number of aromatic nitrogens is 1. The van der Waals surface area contributed by atoms with Crippen molar-refractivity contribution in [3.63, 3.8) is 0 Å². The Morgan fingerprint density at radius 3 is 2.89 bits per heavy atom. The Hall–Kier alpha value is -1.90. The van der Waals surface area contributed by atoms with Crippen molar-refractivity contribution in [2.75, 3.05) is 25.4 Å². The summed E-state index contributed by atoms with van der Waals surface area (Å²) >= 11 is 3.03. The maximum absolute atomic E-state index is 13.3. The highest BCUT2D eigenvalue weighted by atomic mass is 32.2. The number of thiophene rings is 1. The van der Waals surface area contributed by atoms with Gasteiger partial charge in [0.1, 0.15) is 10.7 Å². The third-order valence-electron chi connectivity index (χ3n) is 4.88. The van der Waals surface area contributed by atoms with Crippen LogP contribution in [0.2, 0.25) is 0 Å². The lowest BCUT2D eigenvalue weighted by atomic mass is 9.91. The molecule has 8 heteroatoms. The molecule has 3 heterocycles. The largest absolute Gasteiger partial charge is 0.477 e. The van der Waals surface area contributed by atoms with Crippen molar-refractivity contribution in [3.8, 4) is 0 Å². The molecule has 1 N–H and O–H groups in total. The lowest BCUT2D eigenvalue weighted by molar-refractivity contribution is 0.0702. The van der Waals surface area contributed by atoms with Gasteiger partial charge in [0.2, 0.25) is 0 Å². The average molecular weight is 407 g/mol. The second-order valence-electron chi connectivity index (χ2n) is 6.60. The number of hydrogen-bond acceptors (Lipinski definition) is 6. The van der Waals surface area contributed by atoms with Gasteiger partial charge in [-0.3, -0.25) is 0 Å². The molecule has 27 heavy (non-hydrogen) atoms. The summed E-state index contributed by atoms with van der Waals surface area (Å²) in [5, 5.41) is 14.1. The second-order valence-corrected chi connectivity index (χ2v) is 9.08. The van der Waals surface area contributed by atoms with E-state index in [4.69, 9.17) is 9.63 Å². The summed E-state index contributed by atoms with van der Waals surface area (Å²) in [7, 11) is 0. The van der Waals surface area contributed by atoms with Gasteiger partial charge >= 0.3 is 5.97 Å². The molecule has 1 aliphatic rings. The van der Waals surface area contributed by atoms with Crippen molar-refractivity contribution >= 4 is 40.0 Å². The molecule has 0 spiro atoms. The summed E-state index contributed by atoms with van der Waals surface area (Å²) in [6.07, 6.45) is 2.01. The molecular formula is C19H19FN2O3S2. The fraction of sp³-hybridized carbons (Fsp3) is 0.368. The number of likely N-dealkylation sites (tertiary alicyclic amines) is 1. The van der Waals surface area contributed by atoms with Crippen molar-refractivity contribution in [3.05, 3.63) is 46.7 Å². The normalized spacial score (nSPS) is 16.2. The van der Waals surface area contributed by atoms with Crippen LogP contribution in [-0.4, -0.2) is 46.5 Å². The van der Waals surface area contributed by atoms with Crippen LogP contribution in [0.25, 0.3) is 11.0 Å². The maximum Gasteiger partial charge on any atom is 0.345 e. The Balaban J connectivity index is 1.27. The van der Waals surface area contributed by atoms with Crippen molar-refractivity contribution in [2.24, 2.45) is 0 Å². The molecule has 1 fully saturated rings. The van der Waals surface area contributed by atoms with Crippen LogP contribution in [0.5, 0.6) is 0 Å². The molecule has 0 aliphatic carbocycles. The van der Waals surface area contributed by atoms with E-state index < -0.39 is 5.97 Å². The predicted molar refractivity (Wildman–Crippen MR) is 104 cm³/mol. The summed E-state index contributed by atoms with van der Waals surface area (Å²) < 4.78 is 19.6. The van der Waals surface area contributed by atoms with E-state index in [0.717, 1.165) is 53.5 Å². The zero-order valence-corrected chi connectivity index (χ0v) is 16.2. The third kappa shape index (κ3) is 4.17. The number of thioether (sulfide) groups is 1. The second kappa shape index (κ2) is 8.00. The lowest BCUT2D eigenvalue weighted by Crippen LogP contribution is -2.34. The van der Waals surface area contributed by atoms with Crippen molar-refractivity contribution in [1.82, 2.24) is 10.1 Å². The Labute approximate surface area is 164 Å². The molecule has 5 nitrogen and oxygen atoms in total. The molecule has 0 bridgehead atoms. The fourth-order valence-electron chi connectivity index (χ4n) is 3.44. The van der Waals surface area contributed by atoms with Gasteiger partial charge in [0.05, 0.1) is 9.90 Å². The molecule has 1 saturated heterocycles. The minimum Gasteiger partial charge on any atom is -0.477 e. The van der Waals surface area contributed by atoms with Crippen LogP contribution in [0.1, 0.15) is 34.1 Å². The van der Waals surface area contributed by atoms with Gasteiger partial charge < -0.3 is 14.5 Å². The first-order chi connectivity index (χ1) is 13.1. The number of fused-ring (bicyclic) bond motifs is 1. The van der Waals surface area contributed by atoms with Crippen molar-refractivity contribution in [1.29, 1.82) is 0 Å². The van der Waals surface area contributed by atoms with Crippen molar-refractivity contribution < 1.29 is 18.8 Å². The average Bonchev–Trinajstić information content (AvgIpc) is 3.29. The zero-order valence-electron chi connectivity index (χ0n) is 14.6. The number of carboxylic acids is 1. The molecule has 1 aromatic carbocycles. The van der Waals surface area contributed by atoms with E-state index in [0.29, 0.717) is 16.4 Å². The Bertz CT molecular complexity index is 947. The van der Waals surface area contributed by atoms with E-state index in [1.165, 1.54) is 23.5 Å². The number of rotatable bonds is 6. The number of carboxylic acid groups (broad SMARTS) is 1. The Morgan fingerprint density at radius 1 is 1.33 bits per heavy atom. The SMILES string of the molecule is O=C(O)c1ccc(SCCN2CCC(c3noc4cc(F)ccc34)CC2)s1. The molecule has 2 aromatic heterocycles. The van der Waals surface area contributed by atoms with Crippen LogP contribution in [-0.2, 0) is 0 Å². The summed E-state index contributed by atoms with van der Waals surface area (Å²) in [6.45, 7) is 2.96. The summed E-state index contributed by atoms with van der Waals surface area (Å²) in [6, 6.07) is 8.14. The van der Waals surface area contributed by atoms with Crippen LogP contribution in [0, 0.1) is 5.82 Å².